The van der Waals surface area contributed by atoms with Gasteiger partial charge in [0.2, 0.25) is 5.78 Å². The van der Waals surface area contributed by atoms with E-state index in [9.17, 15) is 13.6 Å². The molecule has 27 heavy (non-hydrogen) atoms. The Bertz CT molecular complexity index is 1060. The Balaban J connectivity index is 1.53. The molecule has 134 valence electrons. The zero-order valence-electron chi connectivity index (χ0n) is 14.1. The van der Waals surface area contributed by atoms with E-state index in [1.807, 2.05) is 0 Å². The first kappa shape index (κ1) is 17.0. The van der Waals surface area contributed by atoms with E-state index in [4.69, 9.17) is 9.47 Å². The Labute approximate surface area is 154 Å². The van der Waals surface area contributed by atoms with Gasteiger partial charge in [-0.15, -0.1) is 0 Å². The highest BCUT2D eigenvalue weighted by Gasteiger charge is 2.28. The number of ether oxygens (including phenoxy) is 2. The molecule has 0 aliphatic carbocycles. The van der Waals surface area contributed by atoms with Gasteiger partial charge in [-0.05, 0) is 42.0 Å². The molecular formula is C22H14F2O3. The zero-order chi connectivity index (χ0) is 18.8. The third kappa shape index (κ3) is 3.58. The molecule has 5 heteroatoms. The van der Waals surface area contributed by atoms with Crippen LogP contribution in [0.25, 0.3) is 6.08 Å². The van der Waals surface area contributed by atoms with Crippen molar-refractivity contribution < 1.29 is 23.0 Å². The molecule has 0 bridgehead atoms. The average molecular weight is 364 g/mol. The van der Waals surface area contributed by atoms with Crippen LogP contribution in [0.5, 0.6) is 11.5 Å². The normalized spacial score (nSPS) is 14.1. The molecule has 0 saturated heterocycles. The lowest BCUT2D eigenvalue weighted by atomic mass is 10.1. The van der Waals surface area contributed by atoms with Crippen LogP contribution >= 0.6 is 0 Å². The first-order chi connectivity index (χ1) is 13.1. The number of ketones is 1. The van der Waals surface area contributed by atoms with Crippen LogP contribution < -0.4 is 9.47 Å². The van der Waals surface area contributed by atoms with Crippen molar-refractivity contribution in [3.05, 3.63) is 101 Å². The van der Waals surface area contributed by atoms with E-state index in [0.29, 0.717) is 22.6 Å². The molecule has 4 rings (SSSR count). The number of allylic oxidation sites excluding steroid dienone is 1. The van der Waals surface area contributed by atoms with Gasteiger partial charge in [0.05, 0.1) is 5.56 Å². The van der Waals surface area contributed by atoms with Gasteiger partial charge in [-0.3, -0.25) is 4.79 Å². The van der Waals surface area contributed by atoms with E-state index in [-0.39, 0.29) is 29.5 Å². The molecule has 0 atom stereocenters. The van der Waals surface area contributed by atoms with Crippen LogP contribution in [-0.4, -0.2) is 5.78 Å². The summed E-state index contributed by atoms with van der Waals surface area (Å²) in [5, 5.41) is 0. The molecule has 0 N–H and O–H groups in total. The maximum Gasteiger partial charge on any atom is 0.231 e. The van der Waals surface area contributed by atoms with Crippen molar-refractivity contribution in [3.63, 3.8) is 0 Å². The highest BCUT2D eigenvalue weighted by atomic mass is 19.1. The van der Waals surface area contributed by atoms with Gasteiger partial charge in [0, 0.05) is 11.6 Å². The van der Waals surface area contributed by atoms with Crippen LogP contribution in [0.2, 0.25) is 0 Å². The lowest BCUT2D eigenvalue weighted by molar-refractivity contribution is 0.101. The number of carbonyl (C=O) groups is 1. The minimum atomic E-state index is -0.434. The fraction of sp³-hybridized carbons (Fsp3) is 0.0455. The van der Waals surface area contributed by atoms with E-state index in [0.717, 1.165) is 0 Å². The third-order valence-corrected chi connectivity index (χ3v) is 4.13. The molecule has 3 aromatic carbocycles. The molecule has 0 saturated carbocycles. The van der Waals surface area contributed by atoms with Gasteiger partial charge in [-0.1, -0.05) is 30.3 Å². The Hall–Kier alpha value is -3.47. The number of benzene rings is 3. The Morgan fingerprint density at radius 1 is 0.963 bits per heavy atom. The fourth-order valence-corrected chi connectivity index (χ4v) is 2.78. The summed E-state index contributed by atoms with van der Waals surface area (Å²) < 4.78 is 38.3. The second-order valence-electron chi connectivity index (χ2n) is 6.04. The summed E-state index contributed by atoms with van der Waals surface area (Å²) in [4.78, 5) is 12.4. The smallest absolute Gasteiger partial charge is 0.231 e. The quantitative estimate of drug-likeness (QED) is 0.600. The number of carbonyl (C=O) groups excluding carboxylic acids is 1. The summed E-state index contributed by atoms with van der Waals surface area (Å²) in [6, 6.07) is 17.1. The molecular weight excluding hydrogens is 350 g/mol. The molecule has 1 aliphatic rings. The minimum Gasteiger partial charge on any atom is -0.489 e. The molecule has 1 heterocycles. The topological polar surface area (TPSA) is 35.5 Å². The van der Waals surface area contributed by atoms with Crippen molar-refractivity contribution in [3.8, 4) is 11.5 Å². The number of hydrogen-bond donors (Lipinski definition) is 0. The Morgan fingerprint density at radius 2 is 1.81 bits per heavy atom. The highest BCUT2D eigenvalue weighted by molar-refractivity contribution is 6.14. The van der Waals surface area contributed by atoms with Gasteiger partial charge in [-0.2, -0.15) is 0 Å². The van der Waals surface area contributed by atoms with E-state index in [2.05, 4.69) is 0 Å². The van der Waals surface area contributed by atoms with Crippen molar-refractivity contribution in [1.29, 1.82) is 0 Å². The lowest BCUT2D eigenvalue weighted by Crippen LogP contribution is -1.98. The fourth-order valence-electron chi connectivity index (χ4n) is 2.78. The number of rotatable bonds is 4. The molecule has 0 amide bonds. The second kappa shape index (κ2) is 7.03. The highest BCUT2D eigenvalue weighted by Crippen LogP contribution is 2.35. The molecule has 0 fully saturated rings. The van der Waals surface area contributed by atoms with Crippen molar-refractivity contribution in [2.45, 2.75) is 6.61 Å². The largest absolute Gasteiger partial charge is 0.489 e. The maximum absolute atomic E-state index is 13.8. The SMILES string of the molecule is O=C1/C(=C/c2ccccc2F)Oc2cc(OCc3cccc(F)c3)ccc21. The van der Waals surface area contributed by atoms with Gasteiger partial charge in [0.1, 0.15) is 29.7 Å². The number of fused-ring (bicyclic) bond motifs is 1. The number of Topliss-reactive ketones (excluding diaryl/α,β-unsaturated/α-hetero) is 1. The lowest BCUT2D eigenvalue weighted by Gasteiger charge is -2.07. The van der Waals surface area contributed by atoms with Gasteiger partial charge in [0.25, 0.3) is 0 Å². The maximum atomic E-state index is 13.8. The van der Waals surface area contributed by atoms with Crippen molar-refractivity contribution in [2.75, 3.05) is 0 Å². The summed E-state index contributed by atoms with van der Waals surface area (Å²) >= 11 is 0. The van der Waals surface area contributed by atoms with Crippen LogP contribution in [0.4, 0.5) is 8.78 Å². The van der Waals surface area contributed by atoms with E-state index < -0.39 is 5.82 Å². The first-order valence-corrected chi connectivity index (χ1v) is 8.30. The number of hydrogen-bond acceptors (Lipinski definition) is 3. The zero-order valence-corrected chi connectivity index (χ0v) is 14.1. The van der Waals surface area contributed by atoms with Gasteiger partial charge in [0.15, 0.2) is 5.76 Å². The van der Waals surface area contributed by atoms with Crippen LogP contribution in [0, 0.1) is 11.6 Å². The molecule has 0 unspecified atom stereocenters. The van der Waals surface area contributed by atoms with Gasteiger partial charge < -0.3 is 9.47 Å². The summed E-state index contributed by atoms with van der Waals surface area (Å²) in [6.45, 7) is 0.183. The molecule has 0 radical (unpaired) electrons. The van der Waals surface area contributed by atoms with Crippen LogP contribution in [0.1, 0.15) is 21.5 Å². The van der Waals surface area contributed by atoms with E-state index in [1.165, 1.54) is 24.3 Å². The van der Waals surface area contributed by atoms with Crippen LogP contribution in [-0.2, 0) is 6.61 Å². The monoisotopic (exact) mass is 364 g/mol. The average Bonchev–Trinajstić information content (AvgIpc) is 2.97. The van der Waals surface area contributed by atoms with E-state index in [1.54, 1.807) is 48.5 Å². The molecule has 3 aromatic rings. The molecule has 0 aromatic heterocycles. The van der Waals surface area contributed by atoms with Crippen molar-refractivity contribution in [1.82, 2.24) is 0 Å². The van der Waals surface area contributed by atoms with Gasteiger partial charge >= 0.3 is 0 Å². The Kier molecular flexibility index (Phi) is 4.42. The number of halogens is 2. The van der Waals surface area contributed by atoms with Crippen molar-refractivity contribution >= 4 is 11.9 Å². The van der Waals surface area contributed by atoms with Crippen molar-refractivity contribution in [2.24, 2.45) is 0 Å². The molecule has 3 nitrogen and oxygen atoms in total. The minimum absolute atomic E-state index is 0.0531. The summed E-state index contributed by atoms with van der Waals surface area (Å²) in [7, 11) is 0. The summed E-state index contributed by atoms with van der Waals surface area (Å²) in [5.41, 5.74) is 1.35. The third-order valence-electron chi connectivity index (χ3n) is 4.13. The summed E-state index contributed by atoms with van der Waals surface area (Å²) in [5.74, 6) is -0.196. The van der Waals surface area contributed by atoms with Crippen LogP contribution in [0.15, 0.2) is 72.5 Å². The second-order valence-corrected chi connectivity index (χ2v) is 6.04. The summed E-state index contributed by atoms with van der Waals surface area (Å²) in [6.07, 6.45) is 1.38. The molecule has 0 spiro atoms. The standard InChI is InChI=1S/C22H14F2O3/c23-16-6-3-4-14(10-16)13-26-17-8-9-18-20(12-17)27-21(22(18)25)11-15-5-1-2-7-19(15)24/h1-12H,13H2/b21-11-. The predicted molar refractivity (Wildman–Crippen MR) is 96.5 cm³/mol. The van der Waals surface area contributed by atoms with E-state index >= 15 is 0 Å². The predicted octanol–water partition coefficient (Wildman–Crippen LogP) is 5.16. The van der Waals surface area contributed by atoms with Gasteiger partial charge in [-0.25, -0.2) is 8.78 Å². The Morgan fingerprint density at radius 3 is 2.63 bits per heavy atom. The van der Waals surface area contributed by atoms with Crippen LogP contribution in [0.3, 0.4) is 0 Å². The first-order valence-electron chi connectivity index (χ1n) is 8.30. The molecule has 1 aliphatic heterocycles.